The number of hydrogen-bond donors (Lipinski definition) is 0. The van der Waals surface area contributed by atoms with Crippen LogP contribution in [0.25, 0.3) is 11.4 Å². The Hall–Kier alpha value is -2.66. The van der Waals surface area contributed by atoms with E-state index < -0.39 is 0 Å². The quantitative estimate of drug-likeness (QED) is 0.638. The van der Waals surface area contributed by atoms with Gasteiger partial charge in [0.1, 0.15) is 5.75 Å². The molecule has 0 fully saturated rings. The van der Waals surface area contributed by atoms with Crippen LogP contribution in [0.1, 0.15) is 42.8 Å². The minimum atomic E-state index is 0.399. The average molecular weight is 363 g/mol. The summed E-state index contributed by atoms with van der Waals surface area (Å²) in [6.45, 7) is 3.27. The summed E-state index contributed by atoms with van der Waals surface area (Å²) in [6.07, 6.45) is 3.55. The van der Waals surface area contributed by atoms with Crippen molar-refractivity contribution in [3.8, 4) is 17.1 Å². The molecule has 0 radical (unpaired) electrons. The summed E-state index contributed by atoms with van der Waals surface area (Å²) in [4.78, 5) is 6.90. The van der Waals surface area contributed by atoms with Crippen LogP contribution in [-0.4, -0.2) is 28.7 Å². The molecule has 1 unspecified atom stereocenters. The fraction of sp³-hybridized carbons (Fsp3) is 0.364. The Morgan fingerprint density at radius 1 is 1.15 bits per heavy atom. The number of ether oxygens (including phenoxy) is 1. The third kappa shape index (κ3) is 3.88. The molecule has 5 heteroatoms. The summed E-state index contributed by atoms with van der Waals surface area (Å²) in [5.74, 6) is 2.11. The Kier molecular flexibility index (Phi) is 5.21. The maximum Gasteiger partial charge on any atom is 0.241 e. The van der Waals surface area contributed by atoms with Gasteiger partial charge in [-0.15, -0.1) is 0 Å². The second kappa shape index (κ2) is 7.92. The van der Waals surface area contributed by atoms with Gasteiger partial charge in [-0.05, 0) is 68.6 Å². The van der Waals surface area contributed by atoms with Crippen LogP contribution in [0, 0.1) is 0 Å². The first kappa shape index (κ1) is 17.7. The van der Waals surface area contributed by atoms with Gasteiger partial charge in [-0.25, -0.2) is 0 Å². The topological polar surface area (TPSA) is 51.4 Å². The van der Waals surface area contributed by atoms with Crippen molar-refractivity contribution in [3.63, 3.8) is 0 Å². The molecule has 1 atom stereocenters. The molecule has 5 nitrogen and oxygen atoms in total. The SMILES string of the molecule is CCOc1ccc(-c2noc(CN(C)C3CCCc4ccccc43)n2)cc1. The Labute approximate surface area is 160 Å². The molecule has 1 heterocycles. The fourth-order valence-electron chi connectivity index (χ4n) is 3.81. The van der Waals surface area contributed by atoms with Crippen LogP contribution < -0.4 is 4.74 Å². The van der Waals surface area contributed by atoms with Gasteiger partial charge in [0.2, 0.25) is 11.7 Å². The molecule has 27 heavy (non-hydrogen) atoms. The van der Waals surface area contributed by atoms with E-state index in [0.717, 1.165) is 17.7 Å². The molecule has 0 aliphatic heterocycles. The smallest absolute Gasteiger partial charge is 0.241 e. The van der Waals surface area contributed by atoms with Gasteiger partial charge in [-0.2, -0.15) is 4.98 Å². The summed E-state index contributed by atoms with van der Waals surface area (Å²) in [7, 11) is 2.13. The molecule has 1 aliphatic rings. The average Bonchev–Trinajstić information content (AvgIpc) is 3.17. The first-order valence-corrected chi connectivity index (χ1v) is 9.58. The highest BCUT2D eigenvalue weighted by atomic mass is 16.5. The van der Waals surface area contributed by atoms with Gasteiger partial charge in [0.05, 0.1) is 13.2 Å². The molecule has 0 amide bonds. The van der Waals surface area contributed by atoms with Crippen molar-refractivity contribution in [2.24, 2.45) is 0 Å². The maximum atomic E-state index is 5.51. The van der Waals surface area contributed by atoms with Gasteiger partial charge in [-0.3, -0.25) is 4.90 Å². The minimum Gasteiger partial charge on any atom is -0.494 e. The van der Waals surface area contributed by atoms with Gasteiger partial charge >= 0.3 is 0 Å². The highest BCUT2D eigenvalue weighted by Crippen LogP contribution is 2.34. The van der Waals surface area contributed by atoms with Crippen LogP contribution in [0.15, 0.2) is 53.1 Å². The highest BCUT2D eigenvalue weighted by Gasteiger charge is 2.24. The molecule has 0 saturated heterocycles. The van der Waals surface area contributed by atoms with Gasteiger partial charge in [-0.1, -0.05) is 29.4 Å². The lowest BCUT2D eigenvalue weighted by molar-refractivity contribution is 0.187. The van der Waals surface area contributed by atoms with E-state index in [1.54, 1.807) is 0 Å². The van der Waals surface area contributed by atoms with E-state index in [9.17, 15) is 0 Å². The number of hydrogen-bond acceptors (Lipinski definition) is 5. The second-order valence-electron chi connectivity index (χ2n) is 6.99. The van der Waals surface area contributed by atoms with Crippen molar-refractivity contribution in [1.29, 1.82) is 0 Å². The van der Waals surface area contributed by atoms with Gasteiger partial charge < -0.3 is 9.26 Å². The molecule has 0 N–H and O–H groups in total. The Morgan fingerprint density at radius 2 is 1.96 bits per heavy atom. The monoisotopic (exact) mass is 363 g/mol. The molecule has 4 rings (SSSR count). The van der Waals surface area contributed by atoms with Crippen molar-refractivity contribution >= 4 is 0 Å². The van der Waals surface area contributed by atoms with Crippen LogP contribution in [0.3, 0.4) is 0 Å². The van der Waals surface area contributed by atoms with E-state index >= 15 is 0 Å². The molecule has 3 aromatic rings. The molecule has 0 spiro atoms. The van der Waals surface area contributed by atoms with E-state index in [1.807, 2.05) is 31.2 Å². The zero-order valence-electron chi connectivity index (χ0n) is 15.9. The molecule has 0 bridgehead atoms. The Morgan fingerprint density at radius 3 is 2.78 bits per heavy atom. The maximum absolute atomic E-state index is 5.51. The summed E-state index contributed by atoms with van der Waals surface area (Å²) in [5.41, 5.74) is 3.82. The molecular weight excluding hydrogens is 338 g/mol. The summed E-state index contributed by atoms with van der Waals surface area (Å²) < 4.78 is 11.0. The Balaban J connectivity index is 1.46. The zero-order valence-corrected chi connectivity index (χ0v) is 15.9. The van der Waals surface area contributed by atoms with Crippen LogP contribution >= 0.6 is 0 Å². The molecule has 140 valence electrons. The van der Waals surface area contributed by atoms with Crippen molar-refractivity contribution in [2.45, 2.75) is 38.8 Å². The van der Waals surface area contributed by atoms with Gasteiger partial charge in [0, 0.05) is 11.6 Å². The number of nitrogens with zero attached hydrogens (tertiary/aromatic N) is 3. The normalized spacial score (nSPS) is 16.3. The first-order valence-electron chi connectivity index (χ1n) is 9.58. The minimum absolute atomic E-state index is 0.399. The standard InChI is InChI=1S/C22H25N3O2/c1-3-26-18-13-11-17(12-14-18)22-23-21(27-24-22)15-25(2)20-10-6-8-16-7-4-5-9-19(16)20/h4-5,7,9,11-14,20H,3,6,8,10,15H2,1-2H3. The first-order chi connectivity index (χ1) is 13.2. The predicted octanol–water partition coefficient (Wildman–Crippen LogP) is 4.64. The van der Waals surface area contributed by atoms with Crippen molar-refractivity contribution in [3.05, 3.63) is 65.5 Å². The van der Waals surface area contributed by atoms with Gasteiger partial charge in [0.25, 0.3) is 0 Å². The third-order valence-electron chi connectivity index (χ3n) is 5.15. The number of aryl methyl sites for hydroxylation is 1. The van der Waals surface area contributed by atoms with Crippen LogP contribution in [-0.2, 0) is 13.0 Å². The fourth-order valence-corrected chi connectivity index (χ4v) is 3.81. The van der Waals surface area contributed by atoms with E-state index in [1.165, 1.54) is 24.0 Å². The van der Waals surface area contributed by atoms with E-state index in [4.69, 9.17) is 9.26 Å². The van der Waals surface area contributed by atoms with Crippen molar-refractivity contribution in [2.75, 3.05) is 13.7 Å². The lowest BCUT2D eigenvalue weighted by atomic mass is 9.87. The largest absolute Gasteiger partial charge is 0.494 e. The third-order valence-corrected chi connectivity index (χ3v) is 5.15. The molecule has 1 aliphatic carbocycles. The summed E-state index contributed by atoms with van der Waals surface area (Å²) >= 11 is 0. The lowest BCUT2D eigenvalue weighted by Crippen LogP contribution is -2.27. The summed E-state index contributed by atoms with van der Waals surface area (Å²) in [6, 6.07) is 16.9. The van der Waals surface area contributed by atoms with E-state index in [-0.39, 0.29) is 0 Å². The number of fused-ring (bicyclic) bond motifs is 1. The predicted molar refractivity (Wildman–Crippen MR) is 104 cm³/mol. The molecule has 1 aromatic heterocycles. The molecule has 2 aromatic carbocycles. The molecular formula is C22H25N3O2. The number of aromatic nitrogens is 2. The van der Waals surface area contributed by atoms with Crippen LogP contribution in [0.4, 0.5) is 0 Å². The number of benzene rings is 2. The van der Waals surface area contributed by atoms with E-state index in [2.05, 4.69) is 46.4 Å². The second-order valence-corrected chi connectivity index (χ2v) is 6.99. The lowest BCUT2D eigenvalue weighted by Gasteiger charge is -2.32. The highest BCUT2D eigenvalue weighted by molar-refractivity contribution is 5.55. The van der Waals surface area contributed by atoms with Crippen LogP contribution in [0.5, 0.6) is 5.75 Å². The Bertz CT molecular complexity index is 889. The van der Waals surface area contributed by atoms with Crippen molar-refractivity contribution < 1.29 is 9.26 Å². The number of rotatable bonds is 6. The molecule has 0 saturated carbocycles. The van der Waals surface area contributed by atoms with Gasteiger partial charge in [0.15, 0.2) is 0 Å². The van der Waals surface area contributed by atoms with Crippen LogP contribution in [0.2, 0.25) is 0 Å². The van der Waals surface area contributed by atoms with Crippen molar-refractivity contribution in [1.82, 2.24) is 15.0 Å². The zero-order chi connectivity index (χ0) is 18.6. The summed E-state index contributed by atoms with van der Waals surface area (Å²) in [5, 5.41) is 4.15. The van der Waals surface area contributed by atoms with E-state index in [0.29, 0.717) is 30.9 Å².